The third-order valence-electron chi connectivity index (χ3n) is 3.40. The second kappa shape index (κ2) is 6.50. The van der Waals surface area contributed by atoms with Crippen LogP contribution in [0.5, 0.6) is 5.75 Å². The number of aromatic hydroxyl groups is 1. The van der Waals surface area contributed by atoms with Crippen LogP contribution < -0.4 is 0 Å². The molecular weight excluding hydrogens is 316 g/mol. The molecule has 11 heteroatoms. The Balaban J connectivity index is 2.53. The first-order valence-corrected chi connectivity index (χ1v) is 6.47. The van der Waals surface area contributed by atoms with Crippen molar-refractivity contribution in [3.8, 4) is 5.75 Å². The zero-order chi connectivity index (χ0) is 17.3. The summed E-state index contributed by atoms with van der Waals surface area (Å²) in [5.74, 6) is -2.90. The van der Waals surface area contributed by atoms with E-state index in [2.05, 4.69) is 14.6 Å². The quantitative estimate of drug-likeness (QED) is 0.444. The van der Waals surface area contributed by atoms with Crippen LogP contribution in [0.3, 0.4) is 0 Å². The van der Waals surface area contributed by atoms with Gasteiger partial charge in [-0.1, -0.05) is 0 Å². The maximum absolute atomic E-state index is 11.8. The number of hydrogen-bond donors (Lipinski definition) is 4. The summed E-state index contributed by atoms with van der Waals surface area (Å²) >= 11 is 0. The van der Waals surface area contributed by atoms with E-state index in [0.717, 1.165) is 14.2 Å². The minimum atomic E-state index is -1.57. The number of methoxy groups -OCH3 is 2. The summed E-state index contributed by atoms with van der Waals surface area (Å²) < 4.78 is 14.9. The van der Waals surface area contributed by atoms with Crippen molar-refractivity contribution in [3.05, 3.63) is 11.4 Å². The van der Waals surface area contributed by atoms with Crippen LogP contribution in [0.2, 0.25) is 0 Å². The van der Waals surface area contributed by atoms with Crippen molar-refractivity contribution in [2.45, 2.75) is 24.5 Å². The fraction of sp³-hybridized carbons (Fsp3) is 0.583. The molecule has 4 N–H and O–H groups in total. The van der Waals surface area contributed by atoms with Crippen LogP contribution in [0, 0.1) is 0 Å². The van der Waals surface area contributed by atoms with E-state index in [0.29, 0.717) is 4.68 Å². The standard InChI is InChI=1S/C12H16N2O9/c1-21-11(19)5-8(17)6(12(20)22-2)14(13-5)10-9(18)7(16)4(3-15)23-10/h4,7,9-10,15-18H,3H2,1-2H3/t4-,7-,9-,10-/m1/s1. The molecule has 2 heterocycles. The van der Waals surface area contributed by atoms with Gasteiger partial charge >= 0.3 is 11.9 Å². The fourth-order valence-electron chi connectivity index (χ4n) is 2.21. The Morgan fingerprint density at radius 2 is 1.83 bits per heavy atom. The maximum atomic E-state index is 11.8. The van der Waals surface area contributed by atoms with E-state index in [1.165, 1.54) is 0 Å². The van der Waals surface area contributed by atoms with Crippen LogP contribution in [0.4, 0.5) is 0 Å². The summed E-state index contributed by atoms with van der Waals surface area (Å²) in [6, 6.07) is 0. The Morgan fingerprint density at radius 1 is 1.22 bits per heavy atom. The normalized spacial score (nSPS) is 27.0. The zero-order valence-electron chi connectivity index (χ0n) is 12.2. The molecule has 2 rings (SSSR count). The molecule has 11 nitrogen and oxygen atoms in total. The molecule has 1 aliphatic rings. The highest BCUT2D eigenvalue weighted by atomic mass is 16.6. The highest BCUT2D eigenvalue weighted by Crippen LogP contribution is 2.34. The van der Waals surface area contributed by atoms with Crippen LogP contribution in [0.15, 0.2) is 0 Å². The molecule has 0 bridgehead atoms. The predicted molar refractivity (Wildman–Crippen MR) is 69.6 cm³/mol. The Morgan fingerprint density at radius 3 is 2.30 bits per heavy atom. The van der Waals surface area contributed by atoms with Crippen LogP contribution in [0.25, 0.3) is 0 Å². The molecule has 128 valence electrons. The third-order valence-corrected chi connectivity index (χ3v) is 3.40. The van der Waals surface area contributed by atoms with Gasteiger partial charge in [-0.05, 0) is 0 Å². The second-order valence-electron chi connectivity index (χ2n) is 4.70. The SMILES string of the molecule is COC(=O)c1nn([C@@H]2O[C@H](CO)[C@@H](O)[C@H]2O)c(C(=O)OC)c1O. The number of rotatable bonds is 4. The largest absolute Gasteiger partial charge is 0.503 e. The smallest absolute Gasteiger partial charge is 0.362 e. The molecule has 0 aromatic carbocycles. The van der Waals surface area contributed by atoms with Gasteiger partial charge in [0, 0.05) is 0 Å². The summed E-state index contributed by atoms with van der Waals surface area (Å²) in [5.41, 5.74) is -1.16. The van der Waals surface area contributed by atoms with Crippen LogP contribution in [-0.2, 0) is 14.2 Å². The van der Waals surface area contributed by atoms with Gasteiger partial charge in [0.05, 0.1) is 20.8 Å². The lowest BCUT2D eigenvalue weighted by Crippen LogP contribution is -2.33. The van der Waals surface area contributed by atoms with E-state index < -0.39 is 60.2 Å². The average molecular weight is 332 g/mol. The summed E-state index contributed by atoms with van der Waals surface area (Å²) in [5, 5.41) is 42.6. The van der Waals surface area contributed by atoms with Crippen molar-refractivity contribution in [1.29, 1.82) is 0 Å². The maximum Gasteiger partial charge on any atom is 0.362 e. The molecule has 4 atom stereocenters. The molecule has 1 aromatic rings. The number of esters is 2. The summed E-state index contributed by atoms with van der Waals surface area (Å²) in [4.78, 5) is 23.4. The Bertz CT molecular complexity index is 614. The van der Waals surface area contributed by atoms with Gasteiger partial charge in [0.15, 0.2) is 17.7 Å². The third kappa shape index (κ3) is 2.74. The van der Waals surface area contributed by atoms with Gasteiger partial charge < -0.3 is 34.6 Å². The van der Waals surface area contributed by atoms with Gasteiger partial charge in [0.25, 0.3) is 0 Å². The molecule has 0 unspecified atom stereocenters. The molecule has 1 aromatic heterocycles. The highest BCUT2D eigenvalue weighted by Gasteiger charge is 2.46. The number of carbonyl (C=O) groups is 2. The monoisotopic (exact) mass is 332 g/mol. The van der Waals surface area contributed by atoms with Crippen molar-refractivity contribution in [2.75, 3.05) is 20.8 Å². The Kier molecular flexibility index (Phi) is 4.85. The Labute approximate surface area is 129 Å². The van der Waals surface area contributed by atoms with Crippen molar-refractivity contribution in [2.24, 2.45) is 0 Å². The molecule has 1 fully saturated rings. The topological polar surface area (TPSA) is 161 Å². The van der Waals surface area contributed by atoms with E-state index in [9.17, 15) is 24.9 Å². The van der Waals surface area contributed by atoms with E-state index in [-0.39, 0.29) is 0 Å². The lowest BCUT2D eigenvalue weighted by molar-refractivity contribution is -0.0602. The van der Waals surface area contributed by atoms with Gasteiger partial charge in [-0.3, -0.25) is 0 Å². The van der Waals surface area contributed by atoms with Crippen LogP contribution in [0.1, 0.15) is 27.2 Å². The van der Waals surface area contributed by atoms with E-state index in [1.54, 1.807) is 0 Å². The first kappa shape index (κ1) is 17.1. The molecule has 0 spiro atoms. The van der Waals surface area contributed by atoms with Crippen molar-refractivity contribution >= 4 is 11.9 Å². The molecule has 23 heavy (non-hydrogen) atoms. The number of aromatic nitrogens is 2. The van der Waals surface area contributed by atoms with E-state index >= 15 is 0 Å². The number of hydrogen-bond acceptors (Lipinski definition) is 10. The van der Waals surface area contributed by atoms with Gasteiger partial charge in [-0.2, -0.15) is 5.10 Å². The van der Waals surface area contributed by atoms with E-state index in [1.807, 2.05) is 0 Å². The molecule has 0 aliphatic carbocycles. The van der Waals surface area contributed by atoms with Gasteiger partial charge in [-0.15, -0.1) is 0 Å². The predicted octanol–water partition coefficient (Wildman–Crippen LogP) is -2.23. The summed E-state index contributed by atoms with van der Waals surface area (Å²) in [6.45, 7) is -0.598. The zero-order valence-corrected chi connectivity index (χ0v) is 12.2. The summed E-state index contributed by atoms with van der Waals surface area (Å²) in [6.07, 6.45) is -5.59. The molecule has 0 radical (unpaired) electrons. The fourth-order valence-corrected chi connectivity index (χ4v) is 2.21. The number of aliphatic hydroxyl groups excluding tert-OH is 3. The van der Waals surface area contributed by atoms with Crippen molar-refractivity contribution in [1.82, 2.24) is 9.78 Å². The molecule has 0 amide bonds. The number of carbonyl (C=O) groups excluding carboxylic acids is 2. The van der Waals surface area contributed by atoms with E-state index in [4.69, 9.17) is 9.84 Å². The first-order chi connectivity index (χ1) is 10.9. The number of ether oxygens (including phenoxy) is 3. The van der Waals surface area contributed by atoms with Crippen molar-refractivity contribution < 1.29 is 44.2 Å². The molecule has 1 saturated heterocycles. The highest BCUT2D eigenvalue weighted by molar-refractivity contribution is 5.97. The van der Waals surface area contributed by atoms with Crippen LogP contribution in [-0.4, -0.2) is 81.3 Å². The van der Waals surface area contributed by atoms with Crippen LogP contribution >= 0.6 is 0 Å². The molecule has 1 aliphatic heterocycles. The number of aliphatic hydroxyl groups is 3. The lowest BCUT2D eigenvalue weighted by Gasteiger charge is -2.16. The summed E-state index contributed by atoms with van der Waals surface area (Å²) in [7, 11) is 2.08. The lowest BCUT2D eigenvalue weighted by atomic mass is 10.1. The molecule has 0 saturated carbocycles. The average Bonchev–Trinajstić information content (AvgIpc) is 3.04. The van der Waals surface area contributed by atoms with Gasteiger partial charge in [0.1, 0.15) is 18.3 Å². The molecular formula is C12H16N2O9. The first-order valence-electron chi connectivity index (χ1n) is 6.47. The minimum Gasteiger partial charge on any atom is -0.503 e. The van der Waals surface area contributed by atoms with Gasteiger partial charge in [0.2, 0.25) is 5.69 Å². The second-order valence-corrected chi connectivity index (χ2v) is 4.70. The van der Waals surface area contributed by atoms with Gasteiger partial charge in [-0.25, -0.2) is 14.3 Å². The Hall–Kier alpha value is -2.21. The minimum absolute atomic E-state index is 0.567. The van der Waals surface area contributed by atoms with Crippen molar-refractivity contribution in [3.63, 3.8) is 0 Å². The number of nitrogens with zero attached hydrogens (tertiary/aromatic N) is 2.